The number of oxime groups is 1. The molecule has 1 unspecified atom stereocenters. The number of nitrogens with zero attached hydrogens (tertiary/aromatic N) is 2. The summed E-state index contributed by atoms with van der Waals surface area (Å²) < 4.78 is 10.8. The van der Waals surface area contributed by atoms with Crippen LogP contribution in [-0.4, -0.2) is 44.0 Å². The molecular formula is C13H19N3O3. The molecule has 1 aliphatic heterocycles. The summed E-state index contributed by atoms with van der Waals surface area (Å²) in [7, 11) is 1.62. The minimum atomic E-state index is 0.0943. The lowest BCUT2D eigenvalue weighted by Gasteiger charge is -2.34. The summed E-state index contributed by atoms with van der Waals surface area (Å²) in [4.78, 5) is 2.16. The third kappa shape index (κ3) is 2.90. The third-order valence-corrected chi connectivity index (χ3v) is 3.17. The number of ether oxygens (including phenoxy) is 2. The summed E-state index contributed by atoms with van der Waals surface area (Å²) in [5.41, 5.74) is 7.31. The summed E-state index contributed by atoms with van der Waals surface area (Å²) in [5, 5.41) is 12.0. The van der Waals surface area contributed by atoms with Gasteiger partial charge in [0.05, 0.1) is 25.5 Å². The molecule has 3 N–H and O–H groups in total. The molecule has 0 amide bonds. The average Bonchev–Trinajstić information content (AvgIpc) is 2.45. The van der Waals surface area contributed by atoms with Crippen LogP contribution in [0.4, 0.5) is 5.69 Å². The number of methoxy groups -OCH3 is 1. The van der Waals surface area contributed by atoms with Crippen molar-refractivity contribution < 1.29 is 14.7 Å². The number of benzene rings is 1. The molecule has 0 saturated carbocycles. The van der Waals surface area contributed by atoms with Crippen molar-refractivity contribution in [2.75, 3.05) is 31.7 Å². The molecule has 1 aromatic rings. The van der Waals surface area contributed by atoms with Gasteiger partial charge in [0.25, 0.3) is 0 Å². The molecule has 19 heavy (non-hydrogen) atoms. The van der Waals surface area contributed by atoms with Gasteiger partial charge in [-0.2, -0.15) is 0 Å². The Labute approximate surface area is 112 Å². The third-order valence-electron chi connectivity index (χ3n) is 3.17. The Kier molecular flexibility index (Phi) is 4.11. The van der Waals surface area contributed by atoms with Gasteiger partial charge < -0.3 is 25.3 Å². The topological polar surface area (TPSA) is 80.3 Å². The van der Waals surface area contributed by atoms with E-state index in [-0.39, 0.29) is 11.9 Å². The summed E-state index contributed by atoms with van der Waals surface area (Å²) in [6, 6.07) is 5.48. The fourth-order valence-corrected chi connectivity index (χ4v) is 2.21. The Morgan fingerprint density at radius 3 is 3.00 bits per heavy atom. The molecule has 6 heteroatoms. The Hall–Kier alpha value is -1.95. The average molecular weight is 265 g/mol. The highest BCUT2D eigenvalue weighted by Gasteiger charge is 2.21. The number of amidine groups is 1. The van der Waals surface area contributed by atoms with Gasteiger partial charge in [0, 0.05) is 24.7 Å². The molecule has 0 radical (unpaired) electrons. The fraction of sp³-hybridized carbons (Fsp3) is 0.462. The first-order valence-corrected chi connectivity index (χ1v) is 6.18. The van der Waals surface area contributed by atoms with Crippen LogP contribution in [0.1, 0.15) is 12.5 Å². The lowest BCUT2D eigenvalue weighted by molar-refractivity contribution is 0.0532. The number of morpholine rings is 1. The number of rotatable bonds is 3. The molecule has 1 atom stereocenters. The molecular weight excluding hydrogens is 246 g/mol. The molecule has 1 fully saturated rings. The van der Waals surface area contributed by atoms with Gasteiger partial charge in [-0.05, 0) is 19.1 Å². The van der Waals surface area contributed by atoms with Crippen molar-refractivity contribution >= 4 is 11.5 Å². The van der Waals surface area contributed by atoms with Crippen LogP contribution in [0.2, 0.25) is 0 Å². The van der Waals surface area contributed by atoms with Crippen LogP contribution >= 0.6 is 0 Å². The Morgan fingerprint density at radius 1 is 1.58 bits per heavy atom. The van der Waals surface area contributed by atoms with E-state index in [4.69, 9.17) is 20.4 Å². The summed E-state index contributed by atoms with van der Waals surface area (Å²) >= 11 is 0. The Balaban J connectivity index is 2.39. The molecule has 104 valence electrons. The second kappa shape index (κ2) is 5.79. The van der Waals surface area contributed by atoms with Crippen molar-refractivity contribution in [1.82, 2.24) is 0 Å². The SMILES string of the molecule is COc1ccc(/C(N)=N/O)c(N2CCOC(C)C2)c1. The standard InChI is InChI=1S/C13H19N3O3/c1-9-8-16(5-6-19-9)12-7-10(18-2)3-4-11(12)13(14)15-17/h3-4,7,9,17H,5-6,8H2,1-2H3,(H2,14,15). The number of hydrogen-bond donors (Lipinski definition) is 2. The van der Waals surface area contributed by atoms with Gasteiger partial charge in [-0.1, -0.05) is 5.16 Å². The first-order valence-electron chi connectivity index (χ1n) is 6.18. The van der Waals surface area contributed by atoms with Gasteiger partial charge >= 0.3 is 0 Å². The van der Waals surface area contributed by atoms with Crippen LogP contribution in [0, 0.1) is 0 Å². The van der Waals surface area contributed by atoms with Crippen molar-refractivity contribution in [1.29, 1.82) is 0 Å². The smallest absolute Gasteiger partial charge is 0.172 e. The molecule has 0 aliphatic carbocycles. The van der Waals surface area contributed by atoms with E-state index in [2.05, 4.69) is 10.1 Å². The van der Waals surface area contributed by atoms with E-state index < -0.39 is 0 Å². The molecule has 1 heterocycles. The van der Waals surface area contributed by atoms with Crippen LogP contribution in [0.3, 0.4) is 0 Å². The van der Waals surface area contributed by atoms with E-state index in [1.54, 1.807) is 19.2 Å². The van der Waals surface area contributed by atoms with Gasteiger partial charge in [0.15, 0.2) is 5.84 Å². The van der Waals surface area contributed by atoms with Gasteiger partial charge in [-0.25, -0.2) is 0 Å². The zero-order valence-electron chi connectivity index (χ0n) is 11.2. The molecule has 1 aliphatic rings. The summed E-state index contributed by atoms with van der Waals surface area (Å²) in [5.74, 6) is 0.834. The van der Waals surface area contributed by atoms with Crippen molar-refractivity contribution in [3.05, 3.63) is 23.8 Å². The second-order valence-corrected chi connectivity index (χ2v) is 4.50. The summed E-state index contributed by atoms with van der Waals surface area (Å²) in [6.45, 7) is 4.21. The molecule has 0 spiro atoms. The highest BCUT2D eigenvalue weighted by atomic mass is 16.5. The maximum absolute atomic E-state index is 8.88. The first-order chi connectivity index (χ1) is 9.15. The van der Waals surface area contributed by atoms with Gasteiger partial charge in [-0.15, -0.1) is 0 Å². The highest BCUT2D eigenvalue weighted by Crippen LogP contribution is 2.27. The first kappa shape index (κ1) is 13.5. The predicted octanol–water partition coefficient (Wildman–Crippen LogP) is 1.01. The summed E-state index contributed by atoms with van der Waals surface area (Å²) in [6.07, 6.45) is 0.153. The minimum Gasteiger partial charge on any atom is -0.497 e. The van der Waals surface area contributed by atoms with Crippen LogP contribution in [0.25, 0.3) is 0 Å². The van der Waals surface area contributed by atoms with Crippen molar-refractivity contribution in [3.63, 3.8) is 0 Å². The van der Waals surface area contributed by atoms with Gasteiger partial charge in [0.1, 0.15) is 5.75 Å². The van der Waals surface area contributed by atoms with Crippen molar-refractivity contribution in [2.45, 2.75) is 13.0 Å². The van der Waals surface area contributed by atoms with E-state index in [0.29, 0.717) is 12.2 Å². The Bertz CT molecular complexity index is 476. The number of anilines is 1. The van der Waals surface area contributed by atoms with E-state index in [0.717, 1.165) is 24.5 Å². The van der Waals surface area contributed by atoms with E-state index in [9.17, 15) is 0 Å². The lowest BCUT2D eigenvalue weighted by Crippen LogP contribution is -2.42. The van der Waals surface area contributed by atoms with E-state index in [1.165, 1.54) is 0 Å². The highest BCUT2D eigenvalue weighted by molar-refractivity contribution is 6.02. The lowest BCUT2D eigenvalue weighted by atomic mass is 10.1. The van der Waals surface area contributed by atoms with E-state index >= 15 is 0 Å². The van der Waals surface area contributed by atoms with Crippen LogP contribution < -0.4 is 15.4 Å². The minimum absolute atomic E-state index is 0.0943. The second-order valence-electron chi connectivity index (χ2n) is 4.50. The van der Waals surface area contributed by atoms with Crippen LogP contribution in [-0.2, 0) is 4.74 Å². The molecule has 1 saturated heterocycles. The van der Waals surface area contributed by atoms with Gasteiger partial charge in [-0.3, -0.25) is 0 Å². The fourth-order valence-electron chi connectivity index (χ4n) is 2.21. The van der Waals surface area contributed by atoms with Crippen molar-refractivity contribution in [2.24, 2.45) is 10.9 Å². The molecule has 1 aromatic carbocycles. The van der Waals surface area contributed by atoms with Gasteiger partial charge in [0.2, 0.25) is 0 Å². The molecule has 6 nitrogen and oxygen atoms in total. The maximum Gasteiger partial charge on any atom is 0.172 e. The number of hydrogen-bond acceptors (Lipinski definition) is 5. The van der Waals surface area contributed by atoms with Crippen LogP contribution in [0.15, 0.2) is 23.4 Å². The van der Waals surface area contributed by atoms with Crippen LogP contribution in [0.5, 0.6) is 5.75 Å². The quantitative estimate of drug-likeness (QED) is 0.369. The zero-order valence-corrected chi connectivity index (χ0v) is 11.2. The Morgan fingerprint density at radius 2 is 2.37 bits per heavy atom. The predicted molar refractivity (Wildman–Crippen MR) is 73.1 cm³/mol. The number of nitrogens with two attached hydrogens (primary N) is 1. The van der Waals surface area contributed by atoms with E-state index in [1.807, 2.05) is 13.0 Å². The maximum atomic E-state index is 8.88. The largest absolute Gasteiger partial charge is 0.497 e. The normalized spacial score (nSPS) is 20.4. The van der Waals surface area contributed by atoms with Crippen molar-refractivity contribution in [3.8, 4) is 5.75 Å². The molecule has 0 aromatic heterocycles. The zero-order chi connectivity index (χ0) is 13.8. The monoisotopic (exact) mass is 265 g/mol. The molecule has 2 rings (SSSR count). The molecule has 0 bridgehead atoms.